The first-order chi connectivity index (χ1) is 12.8. The highest BCUT2D eigenvalue weighted by atomic mass is 16.5. The van der Waals surface area contributed by atoms with Gasteiger partial charge >= 0.3 is 0 Å². The van der Waals surface area contributed by atoms with Crippen LogP contribution in [0.3, 0.4) is 0 Å². The number of quaternary nitrogens is 1. The number of methoxy groups -OCH3 is 1. The number of aromatic nitrogens is 1. The molecule has 0 amide bonds. The summed E-state index contributed by atoms with van der Waals surface area (Å²) in [6.07, 6.45) is 1.83. The highest BCUT2D eigenvalue weighted by Crippen LogP contribution is 2.20. The van der Waals surface area contributed by atoms with Gasteiger partial charge in [-0.15, -0.1) is 0 Å². The fraction of sp³-hybridized carbons (Fsp3) is 0.286. The normalized spacial score (nSPS) is 15.2. The fourth-order valence-electron chi connectivity index (χ4n) is 3.39. The summed E-state index contributed by atoms with van der Waals surface area (Å²) < 4.78 is 11.2. The Balaban J connectivity index is 1.33. The van der Waals surface area contributed by atoms with Gasteiger partial charge in [-0.05, 0) is 24.3 Å². The Morgan fingerprint density at radius 3 is 2.46 bits per heavy atom. The van der Waals surface area contributed by atoms with E-state index in [0.717, 1.165) is 55.7 Å². The van der Waals surface area contributed by atoms with Crippen LogP contribution in [-0.2, 0) is 6.54 Å². The molecule has 134 valence electrons. The zero-order valence-electron chi connectivity index (χ0n) is 15.0. The molecule has 1 aromatic heterocycles. The lowest BCUT2D eigenvalue weighted by Crippen LogP contribution is -3.13. The van der Waals surface area contributed by atoms with Crippen molar-refractivity contribution in [2.75, 3.05) is 38.2 Å². The van der Waals surface area contributed by atoms with E-state index in [1.54, 1.807) is 7.11 Å². The fourth-order valence-corrected chi connectivity index (χ4v) is 3.39. The number of ether oxygens (including phenoxy) is 1. The molecule has 5 nitrogen and oxygen atoms in total. The van der Waals surface area contributed by atoms with Crippen molar-refractivity contribution >= 4 is 5.69 Å². The molecule has 1 saturated heterocycles. The van der Waals surface area contributed by atoms with Gasteiger partial charge in [-0.2, -0.15) is 0 Å². The molecule has 0 saturated carbocycles. The molecule has 26 heavy (non-hydrogen) atoms. The Morgan fingerprint density at radius 1 is 1.04 bits per heavy atom. The standard InChI is InChI=1S/C21H23N3O2/c1-25-19-9-7-18(8-10-19)24-13-11-23(12-14-24)16-21-22-15-20(26-21)17-5-3-2-4-6-17/h2-10,15H,11-14,16H2,1H3/p+1. The van der Waals surface area contributed by atoms with Crippen LogP contribution in [0.4, 0.5) is 5.69 Å². The summed E-state index contributed by atoms with van der Waals surface area (Å²) in [5.74, 6) is 2.56. The number of hydrogen-bond donors (Lipinski definition) is 1. The van der Waals surface area contributed by atoms with Gasteiger partial charge in [-0.1, -0.05) is 30.3 Å². The Bertz CT molecular complexity index is 822. The van der Waals surface area contributed by atoms with Crippen LogP contribution < -0.4 is 14.5 Å². The maximum atomic E-state index is 5.95. The molecule has 0 radical (unpaired) electrons. The molecule has 1 N–H and O–H groups in total. The highest BCUT2D eigenvalue weighted by Gasteiger charge is 2.22. The van der Waals surface area contributed by atoms with Gasteiger partial charge in [0, 0.05) is 11.3 Å². The molecule has 0 aliphatic carbocycles. The second kappa shape index (κ2) is 7.62. The number of benzene rings is 2. The Hall–Kier alpha value is -2.79. The molecule has 3 aromatic rings. The van der Waals surface area contributed by atoms with Crippen molar-refractivity contribution in [2.45, 2.75) is 6.54 Å². The minimum Gasteiger partial charge on any atom is -0.497 e. The van der Waals surface area contributed by atoms with Crippen LogP contribution >= 0.6 is 0 Å². The summed E-state index contributed by atoms with van der Waals surface area (Å²) in [5, 5.41) is 0. The number of oxazole rings is 1. The van der Waals surface area contributed by atoms with E-state index < -0.39 is 0 Å². The predicted molar refractivity (Wildman–Crippen MR) is 102 cm³/mol. The van der Waals surface area contributed by atoms with E-state index in [2.05, 4.69) is 22.0 Å². The van der Waals surface area contributed by atoms with Crippen LogP contribution in [0.2, 0.25) is 0 Å². The van der Waals surface area contributed by atoms with E-state index >= 15 is 0 Å². The van der Waals surface area contributed by atoms with Gasteiger partial charge < -0.3 is 19.0 Å². The molecular weight excluding hydrogens is 326 g/mol. The second-order valence-electron chi connectivity index (χ2n) is 6.60. The van der Waals surface area contributed by atoms with E-state index in [0.29, 0.717) is 0 Å². The van der Waals surface area contributed by atoms with E-state index in [-0.39, 0.29) is 0 Å². The summed E-state index contributed by atoms with van der Waals surface area (Å²) >= 11 is 0. The molecule has 0 atom stereocenters. The topological polar surface area (TPSA) is 42.9 Å². The number of piperazine rings is 1. The third-order valence-electron chi connectivity index (χ3n) is 4.92. The Kier molecular flexibility index (Phi) is 4.88. The van der Waals surface area contributed by atoms with Crippen molar-refractivity contribution in [3.8, 4) is 17.1 Å². The minimum absolute atomic E-state index is 0.816. The third kappa shape index (κ3) is 3.73. The molecule has 2 aromatic carbocycles. The van der Waals surface area contributed by atoms with Gasteiger partial charge in [0.25, 0.3) is 5.89 Å². The average molecular weight is 350 g/mol. The van der Waals surface area contributed by atoms with Gasteiger partial charge in [-0.3, -0.25) is 0 Å². The maximum Gasteiger partial charge on any atom is 0.250 e. The summed E-state index contributed by atoms with van der Waals surface area (Å²) in [5.41, 5.74) is 2.33. The van der Waals surface area contributed by atoms with E-state index in [1.165, 1.54) is 10.6 Å². The number of anilines is 1. The first-order valence-corrected chi connectivity index (χ1v) is 9.04. The first kappa shape index (κ1) is 16.7. The SMILES string of the molecule is COc1ccc(N2CC[NH+](Cc3ncc(-c4ccccc4)o3)CC2)cc1. The number of rotatable bonds is 5. The lowest BCUT2D eigenvalue weighted by Gasteiger charge is -2.33. The van der Waals surface area contributed by atoms with Gasteiger partial charge in [0.1, 0.15) is 5.75 Å². The largest absolute Gasteiger partial charge is 0.497 e. The zero-order chi connectivity index (χ0) is 17.8. The zero-order valence-corrected chi connectivity index (χ0v) is 15.0. The molecule has 0 bridgehead atoms. The lowest BCUT2D eigenvalue weighted by atomic mass is 10.2. The minimum atomic E-state index is 0.816. The van der Waals surface area contributed by atoms with E-state index in [9.17, 15) is 0 Å². The van der Waals surface area contributed by atoms with Crippen molar-refractivity contribution in [1.82, 2.24) is 4.98 Å². The Labute approximate surface area is 153 Å². The van der Waals surface area contributed by atoms with Crippen molar-refractivity contribution in [3.05, 3.63) is 66.7 Å². The van der Waals surface area contributed by atoms with Crippen LogP contribution in [0.5, 0.6) is 5.75 Å². The molecular formula is C21H24N3O2+. The number of nitrogens with zero attached hydrogens (tertiary/aromatic N) is 2. The van der Waals surface area contributed by atoms with Crippen molar-refractivity contribution in [3.63, 3.8) is 0 Å². The molecule has 5 heteroatoms. The van der Waals surface area contributed by atoms with Gasteiger partial charge in [0.15, 0.2) is 12.3 Å². The number of nitrogens with one attached hydrogen (secondary N) is 1. The summed E-state index contributed by atoms with van der Waals surface area (Å²) in [6, 6.07) is 18.4. The van der Waals surface area contributed by atoms with Crippen LogP contribution in [0, 0.1) is 0 Å². The molecule has 1 aliphatic heterocycles. The monoisotopic (exact) mass is 350 g/mol. The number of hydrogen-bond acceptors (Lipinski definition) is 4. The summed E-state index contributed by atoms with van der Waals surface area (Å²) in [6.45, 7) is 5.06. The average Bonchev–Trinajstić information content (AvgIpc) is 3.18. The Morgan fingerprint density at radius 2 is 1.77 bits per heavy atom. The maximum absolute atomic E-state index is 5.95. The van der Waals surface area contributed by atoms with Crippen LogP contribution in [0.1, 0.15) is 5.89 Å². The van der Waals surface area contributed by atoms with E-state index in [1.807, 2.05) is 48.7 Å². The smallest absolute Gasteiger partial charge is 0.250 e. The van der Waals surface area contributed by atoms with Gasteiger partial charge in [-0.25, -0.2) is 4.98 Å². The van der Waals surface area contributed by atoms with E-state index in [4.69, 9.17) is 9.15 Å². The van der Waals surface area contributed by atoms with Gasteiger partial charge in [0.2, 0.25) is 0 Å². The molecule has 1 aliphatic rings. The molecule has 0 spiro atoms. The quantitative estimate of drug-likeness (QED) is 0.767. The summed E-state index contributed by atoms with van der Waals surface area (Å²) in [7, 11) is 1.70. The predicted octanol–water partition coefficient (Wildman–Crippen LogP) is 2.26. The van der Waals surface area contributed by atoms with Gasteiger partial charge in [0.05, 0.1) is 39.5 Å². The van der Waals surface area contributed by atoms with Crippen molar-refractivity contribution in [2.24, 2.45) is 0 Å². The van der Waals surface area contributed by atoms with Crippen LogP contribution in [0.25, 0.3) is 11.3 Å². The third-order valence-corrected chi connectivity index (χ3v) is 4.92. The van der Waals surface area contributed by atoms with Crippen molar-refractivity contribution < 1.29 is 14.1 Å². The lowest BCUT2D eigenvalue weighted by molar-refractivity contribution is -0.915. The van der Waals surface area contributed by atoms with Crippen LogP contribution in [-0.4, -0.2) is 38.3 Å². The molecule has 2 heterocycles. The first-order valence-electron chi connectivity index (χ1n) is 9.04. The molecule has 4 rings (SSSR count). The molecule has 1 fully saturated rings. The summed E-state index contributed by atoms with van der Waals surface area (Å²) in [4.78, 5) is 8.40. The second-order valence-corrected chi connectivity index (χ2v) is 6.60. The highest BCUT2D eigenvalue weighted by molar-refractivity contribution is 5.55. The van der Waals surface area contributed by atoms with Crippen molar-refractivity contribution in [1.29, 1.82) is 0 Å². The van der Waals surface area contributed by atoms with Crippen LogP contribution in [0.15, 0.2) is 65.2 Å². The molecule has 0 unspecified atom stereocenters.